The maximum absolute atomic E-state index is 13.9. The zero-order valence-electron chi connectivity index (χ0n) is 11.4. The Balaban J connectivity index is 2.26. The van der Waals surface area contributed by atoms with Crippen LogP contribution in [-0.2, 0) is 9.84 Å². The number of amides is 1. The summed E-state index contributed by atoms with van der Waals surface area (Å²) in [5.41, 5.74) is 5.16. The van der Waals surface area contributed by atoms with Gasteiger partial charge in [-0.3, -0.25) is 4.79 Å². The quantitative estimate of drug-likeness (QED) is 0.798. The Morgan fingerprint density at radius 3 is 2.65 bits per heavy atom. The molecule has 1 fully saturated rings. The predicted molar refractivity (Wildman–Crippen MR) is 74.7 cm³/mol. The van der Waals surface area contributed by atoms with Crippen molar-refractivity contribution in [1.82, 2.24) is 5.32 Å². The second-order valence-corrected chi connectivity index (χ2v) is 7.74. The van der Waals surface area contributed by atoms with Gasteiger partial charge in [0.05, 0.1) is 22.6 Å². The highest BCUT2D eigenvalue weighted by Crippen LogP contribution is 2.24. The molecule has 0 aromatic heterocycles. The van der Waals surface area contributed by atoms with Crippen molar-refractivity contribution < 1.29 is 17.6 Å². The number of benzene rings is 1. The van der Waals surface area contributed by atoms with E-state index in [9.17, 15) is 17.6 Å². The zero-order valence-corrected chi connectivity index (χ0v) is 12.2. The molecule has 20 heavy (non-hydrogen) atoms. The summed E-state index contributed by atoms with van der Waals surface area (Å²) >= 11 is 0. The standard InChI is InChI=1S/C13H17FN2O3S/c1-8-5-9(15)6-10(11(8)14)12(17)16-13(2)3-4-20(18,19)7-13/h5-6H,3-4,7,15H2,1-2H3,(H,16,17). The highest BCUT2D eigenvalue weighted by molar-refractivity contribution is 7.91. The maximum atomic E-state index is 13.9. The first-order valence-electron chi connectivity index (χ1n) is 6.20. The lowest BCUT2D eigenvalue weighted by Crippen LogP contribution is -2.47. The van der Waals surface area contributed by atoms with E-state index in [2.05, 4.69) is 5.32 Å². The van der Waals surface area contributed by atoms with Gasteiger partial charge >= 0.3 is 0 Å². The largest absolute Gasteiger partial charge is 0.399 e. The summed E-state index contributed by atoms with van der Waals surface area (Å²) in [6.07, 6.45) is 0.323. The van der Waals surface area contributed by atoms with Crippen LogP contribution in [0.3, 0.4) is 0 Å². The van der Waals surface area contributed by atoms with E-state index in [1.165, 1.54) is 19.1 Å². The minimum atomic E-state index is -3.14. The van der Waals surface area contributed by atoms with Gasteiger partial charge < -0.3 is 11.1 Å². The number of aryl methyl sites for hydroxylation is 1. The number of anilines is 1. The van der Waals surface area contributed by atoms with Crippen LogP contribution in [0.4, 0.5) is 10.1 Å². The molecule has 0 bridgehead atoms. The van der Waals surface area contributed by atoms with Gasteiger partial charge in [0.15, 0.2) is 9.84 Å². The Bertz CT molecular complexity index is 672. The Kier molecular flexibility index (Phi) is 3.49. The van der Waals surface area contributed by atoms with Crippen LogP contribution in [0, 0.1) is 12.7 Å². The minimum absolute atomic E-state index is 0.0300. The third-order valence-corrected chi connectivity index (χ3v) is 5.34. The molecule has 110 valence electrons. The van der Waals surface area contributed by atoms with Gasteiger partial charge in [-0.2, -0.15) is 0 Å². The highest BCUT2D eigenvalue weighted by Gasteiger charge is 2.39. The average Bonchev–Trinajstić information content (AvgIpc) is 2.57. The lowest BCUT2D eigenvalue weighted by molar-refractivity contribution is 0.0911. The van der Waals surface area contributed by atoms with Gasteiger partial charge in [-0.05, 0) is 38.0 Å². The number of rotatable bonds is 2. The van der Waals surface area contributed by atoms with Crippen molar-refractivity contribution in [3.05, 3.63) is 29.1 Å². The molecule has 2 rings (SSSR count). The number of sulfone groups is 1. The fourth-order valence-electron chi connectivity index (χ4n) is 2.41. The van der Waals surface area contributed by atoms with Crippen molar-refractivity contribution in [3.8, 4) is 0 Å². The predicted octanol–water partition coefficient (Wildman–Crippen LogP) is 1.02. The number of carbonyl (C=O) groups excluding carboxylic acids is 1. The molecule has 0 aliphatic carbocycles. The molecule has 1 aliphatic rings. The first-order chi connectivity index (χ1) is 9.12. The summed E-state index contributed by atoms with van der Waals surface area (Å²) in [6.45, 7) is 3.16. The minimum Gasteiger partial charge on any atom is -0.399 e. The topological polar surface area (TPSA) is 89.3 Å². The van der Waals surface area contributed by atoms with E-state index < -0.39 is 27.1 Å². The Morgan fingerprint density at radius 1 is 1.45 bits per heavy atom. The van der Waals surface area contributed by atoms with Gasteiger partial charge in [-0.1, -0.05) is 0 Å². The third kappa shape index (κ3) is 2.92. The first kappa shape index (κ1) is 14.8. The van der Waals surface area contributed by atoms with Crippen LogP contribution in [0.15, 0.2) is 12.1 Å². The molecule has 1 atom stereocenters. The molecule has 1 amide bonds. The second-order valence-electron chi connectivity index (χ2n) is 5.56. The zero-order chi connectivity index (χ0) is 15.1. The molecule has 5 nitrogen and oxygen atoms in total. The summed E-state index contributed by atoms with van der Waals surface area (Å²) in [5.74, 6) is -1.38. The summed E-state index contributed by atoms with van der Waals surface area (Å²) in [4.78, 5) is 12.1. The lowest BCUT2D eigenvalue weighted by atomic mass is 10.0. The summed E-state index contributed by atoms with van der Waals surface area (Å²) < 4.78 is 36.9. The van der Waals surface area contributed by atoms with Crippen molar-refractivity contribution in [1.29, 1.82) is 0 Å². The van der Waals surface area contributed by atoms with Crippen molar-refractivity contribution in [2.24, 2.45) is 0 Å². The summed E-state index contributed by atoms with van der Waals surface area (Å²) in [6, 6.07) is 2.69. The van der Waals surface area contributed by atoms with E-state index in [1.54, 1.807) is 6.92 Å². The smallest absolute Gasteiger partial charge is 0.254 e. The number of nitrogens with one attached hydrogen (secondary N) is 1. The Hall–Kier alpha value is -1.63. The fraction of sp³-hybridized carbons (Fsp3) is 0.462. The van der Waals surface area contributed by atoms with Crippen LogP contribution in [0.5, 0.6) is 0 Å². The molecule has 1 heterocycles. The van der Waals surface area contributed by atoms with Gasteiger partial charge in [-0.15, -0.1) is 0 Å². The fourth-order valence-corrected chi connectivity index (χ4v) is 4.51. The first-order valence-corrected chi connectivity index (χ1v) is 8.03. The third-order valence-electron chi connectivity index (χ3n) is 3.44. The molecule has 1 saturated heterocycles. The van der Waals surface area contributed by atoms with Gasteiger partial charge in [0.1, 0.15) is 5.82 Å². The van der Waals surface area contributed by atoms with Crippen molar-refractivity contribution in [2.45, 2.75) is 25.8 Å². The number of hydrogen-bond acceptors (Lipinski definition) is 4. The molecule has 1 unspecified atom stereocenters. The van der Waals surface area contributed by atoms with Gasteiger partial charge in [0, 0.05) is 5.69 Å². The second kappa shape index (κ2) is 4.73. The molecule has 7 heteroatoms. The molecule has 1 aliphatic heterocycles. The van der Waals surface area contributed by atoms with Crippen LogP contribution in [0.25, 0.3) is 0 Å². The number of nitrogens with two attached hydrogens (primary N) is 1. The molecule has 0 radical (unpaired) electrons. The molecule has 0 saturated carbocycles. The van der Waals surface area contributed by atoms with Crippen molar-refractivity contribution >= 4 is 21.4 Å². The van der Waals surface area contributed by atoms with Gasteiger partial charge in [-0.25, -0.2) is 12.8 Å². The molecular formula is C13H17FN2O3S. The number of nitrogen functional groups attached to an aromatic ring is 1. The van der Waals surface area contributed by atoms with E-state index in [1.807, 2.05) is 0 Å². The number of carbonyl (C=O) groups is 1. The van der Waals surface area contributed by atoms with E-state index >= 15 is 0 Å². The Labute approximate surface area is 117 Å². The maximum Gasteiger partial charge on any atom is 0.254 e. The van der Waals surface area contributed by atoms with Crippen LogP contribution in [0.2, 0.25) is 0 Å². The summed E-state index contributed by atoms with van der Waals surface area (Å²) in [5, 5.41) is 2.61. The lowest BCUT2D eigenvalue weighted by Gasteiger charge is -2.24. The van der Waals surface area contributed by atoms with E-state index in [0.717, 1.165) is 0 Å². The van der Waals surface area contributed by atoms with Crippen LogP contribution in [-0.4, -0.2) is 31.4 Å². The monoisotopic (exact) mass is 300 g/mol. The number of hydrogen-bond donors (Lipinski definition) is 2. The Morgan fingerprint density at radius 2 is 2.10 bits per heavy atom. The van der Waals surface area contributed by atoms with E-state index in [-0.39, 0.29) is 22.6 Å². The van der Waals surface area contributed by atoms with E-state index in [0.29, 0.717) is 12.1 Å². The van der Waals surface area contributed by atoms with Gasteiger partial charge in [0.2, 0.25) is 0 Å². The molecular weight excluding hydrogens is 283 g/mol. The normalized spacial score (nSPS) is 24.6. The molecule has 1 aromatic rings. The van der Waals surface area contributed by atoms with Crippen molar-refractivity contribution in [2.75, 3.05) is 17.2 Å². The summed E-state index contributed by atoms with van der Waals surface area (Å²) in [7, 11) is -3.14. The van der Waals surface area contributed by atoms with Crippen LogP contribution < -0.4 is 11.1 Å². The average molecular weight is 300 g/mol. The van der Waals surface area contributed by atoms with Crippen LogP contribution >= 0.6 is 0 Å². The molecule has 3 N–H and O–H groups in total. The highest BCUT2D eigenvalue weighted by atomic mass is 32.2. The van der Waals surface area contributed by atoms with E-state index in [4.69, 9.17) is 5.73 Å². The van der Waals surface area contributed by atoms with Crippen LogP contribution in [0.1, 0.15) is 29.3 Å². The van der Waals surface area contributed by atoms with Gasteiger partial charge in [0.25, 0.3) is 5.91 Å². The SMILES string of the molecule is Cc1cc(N)cc(C(=O)NC2(C)CCS(=O)(=O)C2)c1F. The number of halogens is 1. The van der Waals surface area contributed by atoms with Crippen molar-refractivity contribution in [3.63, 3.8) is 0 Å². The molecule has 1 aromatic carbocycles. The molecule has 0 spiro atoms.